The monoisotopic (exact) mass is 260 g/mol. The van der Waals surface area contributed by atoms with E-state index in [4.69, 9.17) is 10.8 Å². The highest BCUT2D eigenvalue weighted by molar-refractivity contribution is 5.85. The molecule has 5 heteroatoms. The molecule has 1 aromatic heterocycles. The van der Waals surface area contributed by atoms with Gasteiger partial charge in [-0.3, -0.25) is 9.78 Å². The van der Waals surface area contributed by atoms with Crippen LogP contribution in [0.1, 0.15) is 27.2 Å². The number of carbonyl (C=O) groups is 1. The minimum Gasteiger partial charge on any atom is -0.480 e. The van der Waals surface area contributed by atoms with Crippen LogP contribution in [-0.2, 0) is 4.79 Å². The molecular formula is C12H21ClN2O2. The molecule has 98 valence electrons. The Morgan fingerprint density at radius 3 is 1.88 bits per heavy atom. The second-order valence-electron chi connectivity index (χ2n) is 4.73. The molecule has 0 fully saturated rings. The summed E-state index contributed by atoms with van der Waals surface area (Å²) in [7, 11) is 0. The molecule has 0 saturated carbocycles. The number of aliphatic carboxylic acids is 1. The summed E-state index contributed by atoms with van der Waals surface area (Å²) in [5.74, 6) is -0.921. The summed E-state index contributed by atoms with van der Waals surface area (Å²) in [4.78, 5) is 14.0. The van der Waals surface area contributed by atoms with Gasteiger partial charge in [-0.05, 0) is 24.0 Å². The highest BCUT2D eigenvalue weighted by Crippen LogP contribution is 2.19. The van der Waals surface area contributed by atoms with Crippen molar-refractivity contribution < 1.29 is 9.90 Å². The lowest BCUT2D eigenvalue weighted by molar-refractivity contribution is -0.139. The van der Waals surface area contributed by atoms with Gasteiger partial charge >= 0.3 is 5.97 Å². The van der Waals surface area contributed by atoms with E-state index in [9.17, 15) is 4.79 Å². The predicted molar refractivity (Wildman–Crippen MR) is 71.2 cm³/mol. The summed E-state index contributed by atoms with van der Waals surface area (Å²) in [6.07, 6.45) is 4.02. The Morgan fingerprint density at radius 1 is 1.29 bits per heavy atom. The number of hydrogen-bond acceptors (Lipinski definition) is 3. The van der Waals surface area contributed by atoms with E-state index in [2.05, 4.69) is 4.98 Å². The lowest BCUT2D eigenvalue weighted by atomic mass is 9.88. The molecule has 1 unspecified atom stereocenters. The van der Waals surface area contributed by atoms with Crippen LogP contribution in [-0.4, -0.2) is 22.1 Å². The van der Waals surface area contributed by atoms with Crippen molar-refractivity contribution in [3.8, 4) is 0 Å². The third kappa shape index (κ3) is 12.8. The first-order valence-corrected chi connectivity index (χ1v) is 5.16. The van der Waals surface area contributed by atoms with Crippen molar-refractivity contribution >= 4 is 18.4 Å². The van der Waals surface area contributed by atoms with Crippen molar-refractivity contribution in [1.29, 1.82) is 0 Å². The van der Waals surface area contributed by atoms with Gasteiger partial charge in [-0.15, -0.1) is 12.4 Å². The van der Waals surface area contributed by atoms with Crippen LogP contribution in [0.3, 0.4) is 0 Å². The molecule has 1 heterocycles. The number of halogens is 1. The molecule has 3 N–H and O–H groups in total. The van der Waals surface area contributed by atoms with Gasteiger partial charge in [-0.1, -0.05) is 26.8 Å². The van der Waals surface area contributed by atoms with Gasteiger partial charge in [0.05, 0.1) is 0 Å². The zero-order valence-electron chi connectivity index (χ0n) is 10.5. The summed E-state index contributed by atoms with van der Waals surface area (Å²) in [5.41, 5.74) is 5.30. The lowest BCUT2D eigenvalue weighted by Crippen LogP contribution is -2.34. The third-order valence-corrected chi connectivity index (χ3v) is 1.72. The Morgan fingerprint density at radius 2 is 1.76 bits per heavy atom. The van der Waals surface area contributed by atoms with Crippen molar-refractivity contribution in [3.63, 3.8) is 0 Å². The van der Waals surface area contributed by atoms with Crippen molar-refractivity contribution in [1.82, 2.24) is 4.98 Å². The van der Waals surface area contributed by atoms with Crippen LogP contribution in [0.25, 0.3) is 0 Å². The van der Waals surface area contributed by atoms with Crippen LogP contribution < -0.4 is 5.73 Å². The van der Waals surface area contributed by atoms with E-state index in [1.807, 2.05) is 39.0 Å². The average molecular weight is 261 g/mol. The molecule has 1 rings (SSSR count). The maximum absolute atomic E-state index is 10.3. The molecule has 1 atom stereocenters. The van der Waals surface area contributed by atoms with E-state index in [-0.39, 0.29) is 17.8 Å². The van der Waals surface area contributed by atoms with Crippen molar-refractivity contribution in [2.24, 2.45) is 11.1 Å². The quantitative estimate of drug-likeness (QED) is 0.856. The average Bonchev–Trinajstić information content (AvgIpc) is 2.18. The minimum atomic E-state index is -0.921. The summed E-state index contributed by atoms with van der Waals surface area (Å²) >= 11 is 0. The zero-order chi connectivity index (χ0) is 12.6. The predicted octanol–water partition coefficient (Wildman–Crippen LogP) is 2.34. The maximum Gasteiger partial charge on any atom is 0.320 e. The minimum absolute atomic E-state index is 0. The van der Waals surface area contributed by atoms with Crippen LogP contribution in [0.5, 0.6) is 0 Å². The molecule has 0 saturated heterocycles. The van der Waals surface area contributed by atoms with E-state index < -0.39 is 12.0 Å². The molecule has 4 nitrogen and oxygen atoms in total. The summed E-state index contributed by atoms with van der Waals surface area (Å²) in [5, 5.41) is 8.42. The van der Waals surface area contributed by atoms with Gasteiger partial charge in [0.2, 0.25) is 0 Å². The molecule has 0 bridgehead atoms. The second kappa shape index (κ2) is 8.96. The Hall–Kier alpha value is -1.13. The Bertz CT molecular complexity index is 272. The van der Waals surface area contributed by atoms with Gasteiger partial charge in [0, 0.05) is 12.4 Å². The number of hydrogen-bond donors (Lipinski definition) is 2. The van der Waals surface area contributed by atoms with E-state index in [0.29, 0.717) is 6.42 Å². The van der Waals surface area contributed by atoms with Gasteiger partial charge < -0.3 is 10.8 Å². The van der Waals surface area contributed by atoms with Gasteiger partial charge in [0.15, 0.2) is 0 Å². The molecule has 0 aliphatic carbocycles. The van der Waals surface area contributed by atoms with E-state index in [1.54, 1.807) is 12.4 Å². The molecular weight excluding hydrogens is 240 g/mol. The first-order chi connectivity index (χ1) is 7.33. The first kappa shape index (κ1) is 18.2. The molecule has 0 aromatic carbocycles. The fourth-order valence-electron chi connectivity index (χ4n) is 1.06. The normalized spacial score (nSPS) is 11.5. The van der Waals surface area contributed by atoms with Gasteiger partial charge in [0.25, 0.3) is 0 Å². The fourth-order valence-corrected chi connectivity index (χ4v) is 1.06. The molecule has 0 aliphatic heterocycles. The lowest BCUT2D eigenvalue weighted by Gasteiger charge is -2.20. The molecule has 0 amide bonds. The highest BCUT2D eigenvalue weighted by atomic mass is 35.5. The fraction of sp³-hybridized carbons (Fsp3) is 0.500. The van der Waals surface area contributed by atoms with Crippen molar-refractivity contribution in [2.45, 2.75) is 33.2 Å². The van der Waals surface area contributed by atoms with Gasteiger partial charge in [-0.25, -0.2) is 0 Å². The zero-order valence-corrected chi connectivity index (χ0v) is 11.3. The van der Waals surface area contributed by atoms with E-state index >= 15 is 0 Å². The van der Waals surface area contributed by atoms with E-state index in [0.717, 1.165) is 0 Å². The van der Waals surface area contributed by atoms with Crippen LogP contribution >= 0.6 is 12.4 Å². The molecule has 0 aliphatic rings. The van der Waals surface area contributed by atoms with Gasteiger partial charge in [0.1, 0.15) is 6.04 Å². The Kier molecular flexibility index (Phi) is 9.61. The Balaban J connectivity index is 0. The molecule has 1 aromatic rings. The van der Waals surface area contributed by atoms with Crippen LogP contribution in [0.2, 0.25) is 0 Å². The molecule has 0 radical (unpaired) electrons. The van der Waals surface area contributed by atoms with Crippen LogP contribution in [0, 0.1) is 5.41 Å². The summed E-state index contributed by atoms with van der Waals surface area (Å²) in [6.45, 7) is 5.90. The van der Waals surface area contributed by atoms with E-state index in [1.165, 1.54) is 0 Å². The maximum atomic E-state index is 10.3. The third-order valence-electron chi connectivity index (χ3n) is 1.72. The highest BCUT2D eigenvalue weighted by Gasteiger charge is 2.20. The van der Waals surface area contributed by atoms with Gasteiger partial charge in [-0.2, -0.15) is 0 Å². The number of carboxylic acid groups (broad SMARTS) is 1. The first-order valence-electron chi connectivity index (χ1n) is 5.16. The summed E-state index contributed by atoms with van der Waals surface area (Å²) < 4.78 is 0. The number of nitrogens with zero attached hydrogens (tertiary/aromatic N) is 1. The standard InChI is InChI=1S/C7H15NO2.C5H5N.ClH/c1-7(2,3)4-5(8)6(9)10;1-2-4-6-5-3-1;/h5H,4,8H2,1-3H3,(H,9,10);1-5H;1H. The number of aromatic nitrogens is 1. The summed E-state index contributed by atoms with van der Waals surface area (Å²) in [6, 6.07) is 4.99. The molecule has 0 spiro atoms. The topological polar surface area (TPSA) is 76.2 Å². The number of rotatable bonds is 2. The Labute approximate surface area is 109 Å². The second-order valence-corrected chi connectivity index (χ2v) is 4.73. The molecule has 17 heavy (non-hydrogen) atoms. The number of carboxylic acids is 1. The smallest absolute Gasteiger partial charge is 0.320 e. The number of pyridine rings is 1. The van der Waals surface area contributed by atoms with Crippen LogP contribution in [0.15, 0.2) is 30.6 Å². The van der Waals surface area contributed by atoms with Crippen molar-refractivity contribution in [3.05, 3.63) is 30.6 Å². The number of nitrogens with two attached hydrogens (primary N) is 1. The van der Waals surface area contributed by atoms with Crippen LogP contribution in [0.4, 0.5) is 0 Å². The SMILES string of the molecule is CC(C)(C)CC(N)C(=O)O.Cl.c1ccncc1. The van der Waals surface area contributed by atoms with Crippen molar-refractivity contribution in [2.75, 3.05) is 0 Å². The largest absolute Gasteiger partial charge is 0.480 e.